The van der Waals surface area contributed by atoms with Crippen LogP contribution in [0.15, 0.2) is 18.2 Å². The van der Waals surface area contributed by atoms with Crippen molar-refractivity contribution in [3.8, 4) is 5.75 Å². The van der Waals surface area contributed by atoms with Crippen molar-refractivity contribution in [2.45, 2.75) is 50.7 Å². The summed E-state index contributed by atoms with van der Waals surface area (Å²) in [5, 5.41) is 9.52. The number of likely N-dealkylation sites (tertiary alicyclic amines) is 1. The van der Waals surface area contributed by atoms with Crippen LogP contribution in [0.3, 0.4) is 0 Å². The van der Waals surface area contributed by atoms with Gasteiger partial charge in [-0.2, -0.15) is 0 Å². The number of rotatable bonds is 4. The van der Waals surface area contributed by atoms with E-state index in [0.717, 1.165) is 24.8 Å². The van der Waals surface area contributed by atoms with Gasteiger partial charge in [0.2, 0.25) is 0 Å². The summed E-state index contributed by atoms with van der Waals surface area (Å²) in [6, 6.07) is 5.39. The molecular formula is C17H20ClNO4. The minimum absolute atomic E-state index is 0.00301. The third kappa shape index (κ3) is 3.61. The van der Waals surface area contributed by atoms with Crippen molar-refractivity contribution < 1.29 is 19.4 Å². The maximum Gasteiger partial charge on any atom is 0.303 e. The highest BCUT2D eigenvalue weighted by Gasteiger charge is 2.36. The Morgan fingerprint density at radius 3 is 2.96 bits per heavy atom. The number of benzene rings is 1. The van der Waals surface area contributed by atoms with Gasteiger partial charge < -0.3 is 14.7 Å². The summed E-state index contributed by atoms with van der Waals surface area (Å²) in [6.45, 7) is 0.681. The van der Waals surface area contributed by atoms with Gasteiger partial charge in [-0.1, -0.05) is 11.6 Å². The summed E-state index contributed by atoms with van der Waals surface area (Å²) in [4.78, 5) is 25.5. The van der Waals surface area contributed by atoms with Gasteiger partial charge in [0.15, 0.2) is 6.10 Å². The molecule has 0 radical (unpaired) electrons. The summed E-state index contributed by atoms with van der Waals surface area (Å²) >= 11 is 5.99. The van der Waals surface area contributed by atoms with E-state index in [2.05, 4.69) is 0 Å². The fourth-order valence-electron chi connectivity index (χ4n) is 3.42. The van der Waals surface area contributed by atoms with Gasteiger partial charge in [0, 0.05) is 30.5 Å². The quantitative estimate of drug-likeness (QED) is 0.917. The first-order valence-electron chi connectivity index (χ1n) is 8.02. The van der Waals surface area contributed by atoms with Crippen molar-refractivity contribution >= 4 is 23.5 Å². The minimum atomic E-state index is -0.817. The van der Waals surface area contributed by atoms with Crippen molar-refractivity contribution in [1.29, 1.82) is 0 Å². The zero-order valence-corrected chi connectivity index (χ0v) is 13.6. The summed E-state index contributed by atoms with van der Waals surface area (Å²) in [5.74, 6) is -0.138. The molecule has 0 bridgehead atoms. The number of aliphatic carboxylic acids is 1. The highest BCUT2D eigenvalue weighted by molar-refractivity contribution is 6.30. The average molecular weight is 338 g/mol. The molecule has 6 heteroatoms. The molecule has 0 aliphatic carbocycles. The fraction of sp³-hybridized carbons (Fsp3) is 0.529. The van der Waals surface area contributed by atoms with Crippen LogP contribution < -0.4 is 4.74 Å². The third-order valence-electron chi connectivity index (χ3n) is 4.57. The van der Waals surface area contributed by atoms with Crippen LogP contribution in [0.25, 0.3) is 0 Å². The molecule has 2 heterocycles. The molecule has 0 saturated carbocycles. The number of hydrogen-bond donors (Lipinski definition) is 1. The standard InChI is InChI=1S/C17H20ClNO4/c18-12-4-6-14-11(9-12)10-15(23-14)17(22)19-8-2-1-3-13(19)5-7-16(20)21/h4,6,9,13,15H,1-3,5,7-8,10H2,(H,20,21). The number of carbonyl (C=O) groups is 2. The van der Waals surface area contributed by atoms with Gasteiger partial charge in [-0.15, -0.1) is 0 Å². The smallest absolute Gasteiger partial charge is 0.303 e. The van der Waals surface area contributed by atoms with E-state index in [9.17, 15) is 9.59 Å². The van der Waals surface area contributed by atoms with E-state index in [1.165, 1.54) is 0 Å². The Hall–Kier alpha value is -1.75. The van der Waals surface area contributed by atoms with Gasteiger partial charge >= 0.3 is 5.97 Å². The van der Waals surface area contributed by atoms with E-state index in [1.807, 2.05) is 11.0 Å². The maximum atomic E-state index is 12.8. The molecule has 1 aromatic carbocycles. The second-order valence-corrected chi connectivity index (χ2v) is 6.61. The Morgan fingerprint density at radius 1 is 1.35 bits per heavy atom. The summed E-state index contributed by atoms with van der Waals surface area (Å²) < 4.78 is 5.78. The molecule has 2 aliphatic heterocycles. The molecule has 2 atom stereocenters. The lowest BCUT2D eigenvalue weighted by atomic mass is 9.96. The minimum Gasteiger partial charge on any atom is -0.481 e. The van der Waals surface area contributed by atoms with E-state index in [-0.39, 0.29) is 18.4 Å². The number of carboxylic acid groups (broad SMARTS) is 1. The highest BCUT2D eigenvalue weighted by Crippen LogP contribution is 2.33. The van der Waals surface area contributed by atoms with E-state index < -0.39 is 12.1 Å². The molecule has 0 spiro atoms. The molecule has 1 saturated heterocycles. The molecule has 1 aromatic rings. The maximum absolute atomic E-state index is 12.8. The number of hydrogen-bond acceptors (Lipinski definition) is 3. The fourth-order valence-corrected chi connectivity index (χ4v) is 3.62. The Balaban J connectivity index is 1.68. The molecule has 3 rings (SSSR count). The molecular weight excluding hydrogens is 318 g/mol. The zero-order valence-electron chi connectivity index (χ0n) is 12.8. The predicted octanol–water partition coefficient (Wildman–Crippen LogP) is 2.89. The first kappa shape index (κ1) is 16.1. The average Bonchev–Trinajstić information content (AvgIpc) is 2.95. The van der Waals surface area contributed by atoms with E-state index >= 15 is 0 Å². The van der Waals surface area contributed by atoms with Gasteiger partial charge in [-0.3, -0.25) is 9.59 Å². The van der Waals surface area contributed by atoms with Crippen LogP contribution in [0.4, 0.5) is 0 Å². The van der Waals surface area contributed by atoms with Crippen LogP contribution >= 0.6 is 11.6 Å². The van der Waals surface area contributed by atoms with Crippen LogP contribution in [0, 0.1) is 0 Å². The largest absolute Gasteiger partial charge is 0.481 e. The predicted molar refractivity (Wildman–Crippen MR) is 85.8 cm³/mol. The molecule has 23 heavy (non-hydrogen) atoms. The van der Waals surface area contributed by atoms with Gasteiger partial charge in [0.1, 0.15) is 5.75 Å². The summed E-state index contributed by atoms with van der Waals surface area (Å²) in [5.41, 5.74) is 0.954. The SMILES string of the molecule is O=C(O)CCC1CCCCN1C(=O)C1Cc2cc(Cl)ccc2O1. The Morgan fingerprint density at radius 2 is 2.17 bits per heavy atom. The number of amides is 1. The molecule has 1 amide bonds. The summed E-state index contributed by atoms with van der Waals surface area (Å²) in [6.07, 6.45) is 3.47. The van der Waals surface area contributed by atoms with Crippen LogP contribution in [-0.2, 0) is 16.0 Å². The normalized spacial score (nSPS) is 23.3. The lowest BCUT2D eigenvalue weighted by Crippen LogP contribution is -2.49. The molecule has 0 aromatic heterocycles. The van der Waals surface area contributed by atoms with Gasteiger partial charge in [-0.05, 0) is 49.4 Å². The number of nitrogens with zero attached hydrogens (tertiary/aromatic N) is 1. The van der Waals surface area contributed by atoms with Crippen LogP contribution in [0.5, 0.6) is 5.75 Å². The molecule has 5 nitrogen and oxygen atoms in total. The highest BCUT2D eigenvalue weighted by atomic mass is 35.5. The van der Waals surface area contributed by atoms with Crippen LogP contribution in [-0.4, -0.2) is 40.6 Å². The van der Waals surface area contributed by atoms with E-state index in [1.54, 1.807) is 12.1 Å². The first-order valence-corrected chi connectivity index (χ1v) is 8.40. The van der Waals surface area contributed by atoms with Gasteiger partial charge in [0.25, 0.3) is 5.91 Å². The molecule has 1 fully saturated rings. The number of carboxylic acids is 1. The zero-order chi connectivity index (χ0) is 16.4. The third-order valence-corrected chi connectivity index (χ3v) is 4.81. The second-order valence-electron chi connectivity index (χ2n) is 6.18. The van der Waals surface area contributed by atoms with Gasteiger partial charge in [-0.25, -0.2) is 0 Å². The lowest BCUT2D eigenvalue weighted by molar-refractivity contribution is -0.144. The number of fused-ring (bicyclic) bond motifs is 1. The number of halogens is 1. The molecule has 124 valence electrons. The number of ether oxygens (including phenoxy) is 1. The second kappa shape index (κ2) is 6.79. The number of carbonyl (C=O) groups excluding carboxylic acids is 1. The van der Waals surface area contributed by atoms with E-state index in [4.69, 9.17) is 21.4 Å². The van der Waals surface area contributed by atoms with Crippen molar-refractivity contribution in [2.75, 3.05) is 6.54 Å². The van der Waals surface area contributed by atoms with E-state index in [0.29, 0.717) is 30.2 Å². The van der Waals surface area contributed by atoms with Crippen molar-refractivity contribution in [2.24, 2.45) is 0 Å². The molecule has 2 aliphatic rings. The first-order chi connectivity index (χ1) is 11.0. The molecule has 2 unspecified atom stereocenters. The monoisotopic (exact) mass is 337 g/mol. The van der Waals surface area contributed by atoms with Crippen molar-refractivity contribution in [1.82, 2.24) is 4.90 Å². The molecule has 1 N–H and O–H groups in total. The lowest BCUT2D eigenvalue weighted by Gasteiger charge is -2.37. The van der Waals surface area contributed by atoms with Crippen LogP contribution in [0.1, 0.15) is 37.7 Å². The topological polar surface area (TPSA) is 66.8 Å². The van der Waals surface area contributed by atoms with Crippen LogP contribution in [0.2, 0.25) is 5.02 Å². The Bertz CT molecular complexity index is 619. The van der Waals surface area contributed by atoms with Crippen molar-refractivity contribution in [3.63, 3.8) is 0 Å². The number of piperidine rings is 1. The van der Waals surface area contributed by atoms with Gasteiger partial charge in [0.05, 0.1) is 0 Å². The Labute approximate surface area is 140 Å². The Kier molecular flexibility index (Phi) is 4.76. The summed E-state index contributed by atoms with van der Waals surface area (Å²) in [7, 11) is 0. The van der Waals surface area contributed by atoms with Crippen molar-refractivity contribution in [3.05, 3.63) is 28.8 Å².